The third-order valence-corrected chi connectivity index (χ3v) is 3.43. The average Bonchev–Trinajstić information content (AvgIpc) is 2.85. The monoisotopic (exact) mass is 273 g/mol. The van der Waals surface area contributed by atoms with Crippen LogP contribution < -0.4 is 5.32 Å². The molecule has 0 saturated carbocycles. The highest BCUT2D eigenvalue weighted by molar-refractivity contribution is 5.94. The van der Waals surface area contributed by atoms with Gasteiger partial charge in [-0.15, -0.1) is 0 Å². The van der Waals surface area contributed by atoms with Crippen LogP contribution in [0.1, 0.15) is 32.5 Å². The van der Waals surface area contributed by atoms with Gasteiger partial charge in [-0.25, -0.2) is 4.68 Å². The molecule has 5 nitrogen and oxygen atoms in total. The van der Waals surface area contributed by atoms with Gasteiger partial charge in [0.05, 0.1) is 23.7 Å². The minimum Gasteiger partial charge on any atom is -0.365 e. The Labute approximate surface area is 109 Å². The summed E-state index contributed by atoms with van der Waals surface area (Å²) in [5.74, 6) is -0.00579. The summed E-state index contributed by atoms with van der Waals surface area (Å²) >= 11 is 0. The zero-order chi connectivity index (χ0) is 14.2. The lowest BCUT2D eigenvalue weighted by atomic mass is 10.0. The molecule has 3 unspecified atom stereocenters. The largest absolute Gasteiger partial charge is 0.365 e. The molecule has 3 atom stereocenters. The molecule has 1 saturated heterocycles. The van der Waals surface area contributed by atoms with Crippen LogP contribution in [0.5, 0.6) is 0 Å². The van der Waals surface area contributed by atoms with Gasteiger partial charge >= 0.3 is 6.55 Å². The third kappa shape index (κ3) is 2.91. The van der Waals surface area contributed by atoms with E-state index >= 15 is 0 Å². The molecule has 7 heteroatoms. The molecular weight excluding hydrogens is 256 g/mol. The summed E-state index contributed by atoms with van der Waals surface area (Å²) in [6.45, 7) is 2.78. The molecule has 0 bridgehead atoms. The number of halogens is 2. The van der Waals surface area contributed by atoms with Crippen molar-refractivity contribution in [2.75, 3.05) is 5.32 Å². The number of ether oxygens (including phenoxy) is 1. The van der Waals surface area contributed by atoms with Crippen LogP contribution >= 0.6 is 0 Å². The number of carbonyl (C=O) groups excluding carboxylic acids is 1. The normalized spacial score (nSPS) is 26.9. The predicted molar refractivity (Wildman–Crippen MR) is 65.0 cm³/mol. The molecule has 19 heavy (non-hydrogen) atoms. The fraction of sp³-hybridized carbons (Fsp3) is 0.667. The number of alkyl halides is 2. The fourth-order valence-corrected chi connectivity index (χ4v) is 2.06. The Kier molecular flexibility index (Phi) is 3.84. The highest BCUT2D eigenvalue weighted by atomic mass is 19.3. The molecule has 1 aromatic heterocycles. The lowest BCUT2D eigenvalue weighted by molar-refractivity contribution is -0.126. The zero-order valence-corrected chi connectivity index (χ0v) is 11.1. The van der Waals surface area contributed by atoms with Crippen LogP contribution in [0, 0.1) is 12.8 Å². The summed E-state index contributed by atoms with van der Waals surface area (Å²) in [7, 11) is 0. The molecule has 106 valence electrons. The van der Waals surface area contributed by atoms with Gasteiger partial charge in [-0.05, 0) is 26.2 Å². The topological polar surface area (TPSA) is 56.2 Å². The maximum absolute atomic E-state index is 12.5. The summed E-state index contributed by atoms with van der Waals surface area (Å²) in [6, 6.07) is 0. The van der Waals surface area contributed by atoms with Gasteiger partial charge in [0.2, 0.25) is 0 Å². The van der Waals surface area contributed by atoms with Gasteiger partial charge < -0.3 is 10.1 Å². The maximum Gasteiger partial charge on any atom is 0.333 e. The second kappa shape index (κ2) is 5.24. The van der Waals surface area contributed by atoms with Crippen LogP contribution in [-0.4, -0.2) is 27.9 Å². The number of rotatable bonds is 3. The summed E-state index contributed by atoms with van der Waals surface area (Å²) in [5, 5.41) is 6.22. The fourth-order valence-electron chi connectivity index (χ4n) is 2.06. The number of nitrogens with one attached hydrogen (secondary N) is 1. The van der Waals surface area contributed by atoms with Crippen LogP contribution in [-0.2, 0) is 9.53 Å². The van der Waals surface area contributed by atoms with Crippen molar-refractivity contribution in [2.24, 2.45) is 5.92 Å². The average molecular weight is 273 g/mol. The lowest BCUT2D eigenvalue weighted by Crippen LogP contribution is -2.27. The van der Waals surface area contributed by atoms with E-state index in [0.29, 0.717) is 28.4 Å². The van der Waals surface area contributed by atoms with Crippen molar-refractivity contribution in [1.82, 2.24) is 9.78 Å². The van der Waals surface area contributed by atoms with E-state index in [1.165, 1.54) is 0 Å². The number of hydrogen-bond acceptors (Lipinski definition) is 3. The first-order valence-electron chi connectivity index (χ1n) is 6.18. The number of carbonyl (C=O) groups is 1. The molecule has 0 spiro atoms. The van der Waals surface area contributed by atoms with Gasteiger partial charge in [-0.1, -0.05) is 6.92 Å². The van der Waals surface area contributed by atoms with Crippen LogP contribution in [0.25, 0.3) is 0 Å². The Morgan fingerprint density at radius 2 is 2.26 bits per heavy atom. The predicted octanol–water partition coefficient (Wildman–Crippen LogP) is 2.34. The Balaban J connectivity index is 2.03. The van der Waals surface area contributed by atoms with E-state index < -0.39 is 12.7 Å². The number of aryl methyl sites for hydroxylation is 1. The number of amides is 1. The van der Waals surface area contributed by atoms with Crippen molar-refractivity contribution in [3.8, 4) is 0 Å². The van der Waals surface area contributed by atoms with Crippen LogP contribution in [0.15, 0.2) is 6.20 Å². The van der Waals surface area contributed by atoms with Gasteiger partial charge in [-0.3, -0.25) is 4.79 Å². The summed E-state index contributed by atoms with van der Waals surface area (Å²) in [5.41, 5.74) is 0.647. The molecule has 1 amide bonds. The van der Waals surface area contributed by atoms with Crippen molar-refractivity contribution in [1.29, 1.82) is 0 Å². The standard InChI is InChI=1S/C12H17F2N3O2/c1-6-4-10(19-8(6)3)11(18)15-9-5-17(12(13)14)16-7(9)2/h5-6,8,10,12H,4H2,1-3H3,(H,15,18). The van der Waals surface area contributed by atoms with Crippen molar-refractivity contribution in [2.45, 2.75) is 45.9 Å². The SMILES string of the molecule is Cc1nn(C(F)F)cc1NC(=O)C1CC(C)C(C)O1. The number of nitrogens with zero attached hydrogens (tertiary/aromatic N) is 2. The van der Waals surface area contributed by atoms with E-state index in [9.17, 15) is 13.6 Å². The van der Waals surface area contributed by atoms with E-state index in [1.807, 2.05) is 13.8 Å². The summed E-state index contributed by atoms with van der Waals surface area (Å²) in [6.07, 6.45) is 1.26. The number of hydrogen-bond donors (Lipinski definition) is 1. The quantitative estimate of drug-likeness (QED) is 0.919. The molecular formula is C12H17F2N3O2. The van der Waals surface area contributed by atoms with Gasteiger partial charge in [0.15, 0.2) is 0 Å². The van der Waals surface area contributed by atoms with E-state index in [-0.39, 0.29) is 12.0 Å². The van der Waals surface area contributed by atoms with E-state index in [4.69, 9.17) is 4.74 Å². The van der Waals surface area contributed by atoms with Gasteiger partial charge in [0.25, 0.3) is 5.91 Å². The molecule has 0 aliphatic carbocycles. The molecule has 1 aliphatic rings. The van der Waals surface area contributed by atoms with Crippen molar-refractivity contribution < 1.29 is 18.3 Å². The third-order valence-electron chi connectivity index (χ3n) is 3.43. The first kappa shape index (κ1) is 13.9. The van der Waals surface area contributed by atoms with E-state index in [1.54, 1.807) is 6.92 Å². The molecule has 0 aromatic carbocycles. The van der Waals surface area contributed by atoms with Crippen molar-refractivity contribution >= 4 is 11.6 Å². The molecule has 0 radical (unpaired) electrons. The minimum absolute atomic E-state index is 0.0284. The molecule has 1 aromatic rings. The molecule has 1 aliphatic heterocycles. The van der Waals surface area contributed by atoms with Gasteiger partial charge in [0.1, 0.15) is 6.10 Å². The number of anilines is 1. The van der Waals surface area contributed by atoms with Crippen molar-refractivity contribution in [3.63, 3.8) is 0 Å². The second-order valence-corrected chi connectivity index (χ2v) is 4.92. The first-order chi connectivity index (χ1) is 8.88. The first-order valence-corrected chi connectivity index (χ1v) is 6.18. The Morgan fingerprint density at radius 3 is 2.74 bits per heavy atom. The minimum atomic E-state index is -2.72. The number of aromatic nitrogens is 2. The Bertz CT molecular complexity index is 466. The van der Waals surface area contributed by atoms with Gasteiger partial charge in [0, 0.05) is 0 Å². The van der Waals surface area contributed by atoms with Crippen LogP contribution in [0.4, 0.5) is 14.5 Å². The Morgan fingerprint density at radius 1 is 1.58 bits per heavy atom. The molecule has 2 heterocycles. The van der Waals surface area contributed by atoms with E-state index in [0.717, 1.165) is 6.20 Å². The zero-order valence-electron chi connectivity index (χ0n) is 11.1. The van der Waals surface area contributed by atoms with Crippen molar-refractivity contribution in [3.05, 3.63) is 11.9 Å². The lowest BCUT2D eigenvalue weighted by Gasteiger charge is -2.10. The summed E-state index contributed by atoms with van der Waals surface area (Å²) in [4.78, 5) is 12.0. The van der Waals surface area contributed by atoms with Crippen LogP contribution in [0.2, 0.25) is 0 Å². The smallest absolute Gasteiger partial charge is 0.333 e. The molecule has 1 N–H and O–H groups in total. The van der Waals surface area contributed by atoms with Crippen LogP contribution in [0.3, 0.4) is 0 Å². The summed E-state index contributed by atoms with van der Waals surface area (Å²) < 4.78 is 31.0. The van der Waals surface area contributed by atoms with E-state index in [2.05, 4.69) is 10.4 Å². The Hall–Kier alpha value is -1.50. The van der Waals surface area contributed by atoms with Gasteiger partial charge in [-0.2, -0.15) is 13.9 Å². The highest BCUT2D eigenvalue weighted by Crippen LogP contribution is 2.27. The molecule has 1 fully saturated rings. The highest BCUT2D eigenvalue weighted by Gasteiger charge is 2.34. The second-order valence-electron chi connectivity index (χ2n) is 4.92. The maximum atomic E-state index is 12.5. The molecule has 2 rings (SSSR count).